The number of rotatable bonds is 3. The molecule has 0 fully saturated rings. The predicted molar refractivity (Wildman–Crippen MR) is 86.7 cm³/mol. The van der Waals surface area contributed by atoms with E-state index in [0.29, 0.717) is 17.1 Å². The Morgan fingerprint density at radius 2 is 2.24 bits per heavy atom. The number of aromatic nitrogens is 2. The summed E-state index contributed by atoms with van der Waals surface area (Å²) in [6, 6.07) is 3.82. The molecule has 5 nitrogen and oxygen atoms in total. The largest absolute Gasteiger partial charge is 0.397 e. The van der Waals surface area contributed by atoms with Gasteiger partial charge in [0.15, 0.2) is 0 Å². The molecule has 0 aliphatic heterocycles. The molecule has 0 bridgehead atoms. The van der Waals surface area contributed by atoms with E-state index in [0.717, 1.165) is 21.6 Å². The van der Waals surface area contributed by atoms with Crippen molar-refractivity contribution in [3.05, 3.63) is 39.3 Å². The maximum Gasteiger partial charge on any atom is 0.266 e. The lowest BCUT2D eigenvalue weighted by molar-refractivity contribution is 0.0789. The average Bonchev–Trinajstić information content (AvgIpc) is 3.06. The van der Waals surface area contributed by atoms with Gasteiger partial charge in [0.2, 0.25) is 0 Å². The molecule has 0 unspecified atom stereocenters. The van der Waals surface area contributed by atoms with Gasteiger partial charge in [0.25, 0.3) is 5.91 Å². The Morgan fingerprint density at radius 1 is 1.43 bits per heavy atom. The van der Waals surface area contributed by atoms with Crippen LogP contribution in [-0.4, -0.2) is 27.8 Å². The van der Waals surface area contributed by atoms with Crippen LogP contribution < -0.4 is 5.73 Å². The minimum absolute atomic E-state index is 0.0962. The second-order valence-corrected chi connectivity index (χ2v) is 6.51. The van der Waals surface area contributed by atoms with Crippen LogP contribution in [0.1, 0.15) is 21.1 Å². The minimum Gasteiger partial charge on any atom is -0.397 e. The Hall–Kier alpha value is -1.99. The second-order valence-electron chi connectivity index (χ2n) is 4.79. The van der Waals surface area contributed by atoms with Crippen LogP contribution in [0.4, 0.5) is 5.69 Å². The molecule has 0 saturated carbocycles. The van der Waals surface area contributed by atoms with Crippen LogP contribution in [0.25, 0.3) is 10.2 Å². The van der Waals surface area contributed by atoms with Gasteiger partial charge in [-0.3, -0.25) is 4.79 Å². The van der Waals surface area contributed by atoms with Gasteiger partial charge in [-0.25, -0.2) is 9.97 Å². The van der Waals surface area contributed by atoms with Crippen molar-refractivity contribution < 1.29 is 4.79 Å². The van der Waals surface area contributed by atoms with E-state index in [1.807, 2.05) is 24.4 Å². The van der Waals surface area contributed by atoms with Gasteiger partial charge in [-0.05, 0) is 19.1 Å². The number of pyridine rings is 1. The Morgan fingerprint density at radius 3 is 2.95 bits per heavy atom. The van der Waals surface area contributed by atoms with E-state index in [1.165, 1.54) is 22.7 Å². The first-order valence-corrected chi connectivity index (χ1v) is 8.10. The summed E-state index contributed by atoms with van der Waals surface area (Å²) in [5.41, 5.74) is 10.2. The van der Waals surface area contributed by atoms with Crippen molar-refractivity contribution in [3.63, 3.8) is 0 Å². The number of thiazole rings is 1. The fourth-order valence-electron chi connectivity index (χ4n) is 2.05. The predicted octanol–water partition coefficient (Wildman–Crippen LogP) is 2.92. The summed E-state index contributed by atoms with van der Waals surface area (Å²) in [6.45, 7) is 2.40. The summed E-state index contributed by atoms with van der Waals surface area (Å²) in [4.78, 5) is 24.1. The number of nitrogens with two attached hydrogens (primary N) is 1. The molecule has 0 spiro atoms. The molecule has 21 heavy (non-hydrogen) atoms. The van der Waals surface area contributed by atoms with Crippen LogP contribution >= 0.6 is 22.7 Å². The fraction of sp³-hybridized carbons (Fsp3) is 0.214. The van der Waals surface area contributed by atoms with Crippen molar-refractivity contribution in [2.75, 3.05) is 12.8 Å². The molecule has 1 amide bonds. The molecule has 3 aromatic heterocycles. The van der Waals surface area contributed by atoms with Gasteiger partial charge in [-0.2, -0.15) is 0 Å². The molecular formula is C14H14N4OS2. The number of amides is 1. The lowest BCUT2D eigenvalue weighted by atomic mass is 10.2. The zero-order chi connectivity index (χ0) is 15.0. The third kappa shape index (κ3) is 2.62. The van der Waals surface area contributed by atoms with E-state index < -0.39 is 0 Å². The van der Waals surface area contributed by atoms with Gasteiger partial charge in [-0.15, -0.1) is 22.7 Å². The number of anilines is 1. The highest BCUT2D eigenvalue weighted by Gasteiger charge is 2.20. The van der Waals surface area contributed by atoms with E-state index in [1.54, 1.807) is 17.5 Å². The molecule has 3 heterocycles. The quantitative estimate of drug-likeness (QED) is 0.806. The van der Waals surface area contributed by atoms with Gasteiger partial charge in [0.05, 0.1) is 23.4 Å². The average molecular weight is 318 g/mol. The summed E-state index contributed by atoms with van der Waals surface area (Å²) >= 11 is 2.86. The highest BCUT2D eigenvalue weighted by molar-refractivity contribution is 7.21. The standard InChI is InChI=1S/C14H14N4OS2/c1-8-3-4-10-11(15)12(21-13(10)17-8)14(19)18(2)5-9-6-20-7-16-9/h3-4,6-7H,5,15H2,1-2H3. The van der Waals surface area contributed by atoms with Crippen LogP contribution in [0, 0.1) is 6.92 Å². The fourth-order valence-corrected chi connectivity index (χ4v) is 3.74. The summed E-state index contributed by atoms with van der Waals surface area (Å²) < 4.78 is 0. The van der Waals surface area contributed by atoms with Crippen molar-refractivity contribution in [3.8, 4) is 0 Å². The third-order valence-corrected chi connectivity index (χ3v) is 4.90. The minimum atomic E-state index is -0.0962. The number of fused-ring (bicyclic) bond motifs is 1. The first kappa shape index (κ1) is 14.0. The SMILES string of the molecule is Cc1ccc2c(N)c(C(=O)N(C)Cc3cscn3)sc2n1. The Labute approximate surface area is 130 Å². The third-order valence-electron chi connectivity index (χ3n) is 3.16. The molecular weight excluding hydrogens is 304 g/mol. The number of carbonyl (C=O) groups is 1. The Bertz CT molecular complexity index is 795. The zero-order valence-corrected chi connectivity index (χ0v) is 13.3. The van der Waals surface area contributed by atoms with Crippen LogP contribution in [0.15, 0.2) is 23.0 Å². The number of carbonyl (C=O) groups excluding carboxylic acids is 1. The molecule has 0 saturated heterocycles. The first-order valence-electron chi connectivity index (χ1n) is 6.34. The molecule has 108 valence electrons. The Balaban J connectivity index is 1.92. The van der Waals surface area contributed by atoms with Crippen molar-refractivity contribution in [2.24, 2.45) is 0 Å². The molecule has 7 heteroatoms. The monoisotopic (exact) mass is 318 g/mol. The number of nitrogen functional groups attached to an aromatic ring is 1. The van der Waals surface area contributed by atoms with Crippen LogP contribution in [0.3, 0.4) is 0 Å². The second kappa shape index (κ2) is 5.42. The van der Waals surface area contributed by atoms with Gasteiger partial charge in [0, 0.05) is 23.5 Å². The first-order chi connectivity index (χ1) is 10.1. The summed E-state index contributed by atoms with van der Waals surface area (Å²) in [6.07, 6.45) is 0. The normalized spacial score (nSPS) is 11.0. The summed E-state index contributed by atoms with van der Waals surface area (Å²) in [5.74, 6) is -0.0962. The highest BCUT2D eigenvalue weighted by Crippen LogP contribution is 2.33. The number of hydrogen-bond donors (Lipinski definition) is 1. The number of nitrogens with zero attached hydrogens (tertiary/aromatic N) is 3. The molecule has 0 aliphatic carbocycles. The molecule has 2 N–H and O–H groups in total. The molecule has 3 rings (SSSR count). The lowest BCUT2D eigenvalue weighted by Gasteiger charge is -2.15. The van der Waals surface area contributed by atoms with Crippen LogP contribution in [0.2, 0.25) is 0 Å². The zero-order valence-electron chi connectivity index (χ0n) is 11.7. The van der Waals surface area contributed by atoms with Crippen LogP contribution in [0.5, 0.6) is 0 Å². The van der Waals surface area contributed by atoms with E-state index in [-0.39, 0.29) is 5.91 Å². The molecule has 3 aromatic rings. The van der Waals surface area contributed by atoms with Crippen molar-refractivity contribution in [2.45, 2.75) is 13.5 Å². The maximum atomic E-state index is 12.6. The maximum absolute atomic E-state index is 12.6. The molecule has 0 radical (unpaired) electrons. The van der Waals surface area contributed by atoms with Crippen molar-refractivity contribution in [1.29, 1.82) is 0 Å². The van der Waals surface area contributed by atoms with Crippen molar-refractivity contribution >= 4 is 44.5 Å². The number of hydrogen-bond acceptors (Lipinski definition) is 6. The molecule has 0 aromatic carbocycles. The lowest BCUT2D eigenvalue weighted by Crippen LogP contribution is -2.26. The summed E-state index contributed by atoms with van der Waals surface area (Å²) in [5, 5.41) is 2.78. The van der Waals surface area contributed by atoms with E-state index in [2.05, 4.69) is 9.97 Å². The molecule has 0 atom stereocenters. The van der Waals surface area contributed by atoms with E-state index in [9.17, 15) is 4.79 Å². The van der Waals surface area contributed by atoms with E-state index >= 15 is 0 Å². The van der Waals surface area contributed by atoms with Gasteiger partial charge in [-0.1, -0.05) is 0 Å². The highest BCUT2D eigenvalue weighted by atomic mass is 32.1. The van der Waals surface area contributed by atoms with Crippen molar-refractivity contribution in [1.82, 2.24) is 14.9 Å². The number of thiophene rings is 1. The summed E-state index contributed by atoms with van der Waals surface area (Å²) in [7, 11) is 1.75. The van der Waals surface area contributed by atoms with Crippen LogP contribution in [-0.2, 0) is 6.54 Å². The topological polar surface area (TPSA) is 72.1 Å². The van der Waals surface area contributed by atoms with E-state index in [4.69, 9.17) is 5.73 Å². The Kier molecular flexibility index (Phi) is 3.60. The van der Waals surface area contributed by atoms with Gasteiger partial charge in [0.1, 0.15) is 9.71 Å². The van der Waals surface area contributed by atoms with Gasteiger partial charge < -0.3 is 10.6 Å². The smallest absolute Gasteiger partial charge is 0.266 e. The van der Waals surface area contributed by atoms with Gasteiger partial charge >= 0.3 is 0 Å². The number of aryl methyl sites for hydroxylation is 1. The molecule has 0 aliphatic rings.